The third kappa shape index (κ3) is 2.15. The Balaban J connectivity index is 1.82. The van der Waals surface area contributed by atoms with Gasteiger partial charge in [-0.25, -0.2) is 4.79 Å². The minimum Gasteiger partial charge on any atom is -0.458 e. The number of esters is 1. The molecule has 1 atom stereocenters. The molecule has 0 saturated carbocycles. The van der Waals surface area contributed by atoms with E-state index in [1.165, 1.54) is 0 Å². The number of benzene rings is 1. The molecule has 0 radical (unpaired) electrons. The molecule has 1 aromatic heterocycles. The van der Waals surface area contributed by atoms with Gasteiger partial charge in [0.1, 0.15) is 11.6 Å². The Labute approximate surface area is 116 Å². The molecule has 2 aromatic rings. The molecule has 1 aliphatic rings. The van der Waals surface area contributed by atoms with Gasteiger partial charge in [-0.15, -0.1) is 0 Å². The van der Waals surface area contributed by atoms with Crippen molar-refractivity contribution in [1.82, 2.24) is 10.3 Å². The van der Waals surface area contributed by atoms with Crippen molar-refractivity contribution in [2.45, 2.75) is 31.9 Å². The van der Waals surface area contributed by atoms with Crippen LogP contribution in [0.2, 0.25) is 0 Å². The van der Waals surface area contributed by atoms with Gasteiger partial charge in [-0.2, -0.15) is 0 Å². The third-order valence-corrected chi connectivity index (χ3v) is 3.50. The maximum Gasteiger partial charge on any atom is 0.329 e. The molecule has 2 N–H and O–H groups in total. The molecule has 1 aromatic carbocycles. The second-order valence-corrected chi connectivity index (χ2v) is 5.66. The molecule has 0 aliphatic carbocycles. The Kier molecular flexibility index (Phi) is 2.78. The second kappa shape index (κ2) is 4.37. The van der Waals surface area contributed by atoms with Crippen LogP contribution < -0.4 is 5.32 Å². The molecule has 20 heavy (non-hydrogen) atoms. The number of cyclic esters (lactones) is 1. The molecular formula is C15H16N2O3. The Morgan fingerprint density at radius 3 is 2.85 bits per heavy atom. The molecule has 2 heterocycles. The van der Waals surface area contributed by atoms with E-state index < -0.39 is 11.6 Å². The van der Waals surface area contributed by atoms with E-state index in [4.69, 9.17) is 4.74 Å². The highest BCUT2D eigenvalue weighted by Crippen LogP contribution is 2.26. The Morgan fingerprint density at radius 2 is 2.15 bits per heavy atom. The van der Waals surface area contributed by atoms with Crippen molar-refractivity contribution in [3.63, 3.8) is 0 Å². The summed E-state index contributed by atoms with van der Waals surface area (Å²) in [5, 5.41) is 3.59. The summed E-state index contributed by atoms with van der Waals surface area (Å²) in [6.45, 7) is 3.67. The molecule has 1 unspecified atom stereocenters. The van der Waals surface area contributed by atoms with E-state index in [1.807, 2.05) is 38.1 Å². The first kappa shape index (κ1) is 12.7. The highest BCUT2D eigenvalue weighted by atomic mass is 16.6. The fourth-order valence-corrected chi connectivity index (χ4v) is 2.57. The van der Waals surface area contributed by atoms with Crippen LogP contribution in [0.4, 0.5) is 0 Å². The topological polar surface area (TPSA) is 71.2 Å². The first-order chi connectivity index (χ1) is 9.46. The summed E-state index contributed by atoms with van der Waals surface area (Å²) in [4.78, 5) is 27.1. The molecule has 5 nitrogen and oxygen atoms in total. The van der Waals surface area contributed by atoms with Crippen molar-refractivity contribution in [1.29, 1.82) is 0 Å². The van der Waals surface area contributed by atoms with Crippen molar-refractivity contribution >= 4 is 22.8 Å². The zero-order valence-electron chi connectivity index (χ0n) is 11.4. The Hall–Kier alpha value is -2.30. The highest BCUT2D eigenvalue weighted by Gasteiger charge is 2.40. The smallest absolute Gasteiger partial charge is 0.329 e. The predicted octanol–water partition coefficient (Wildman–Crippen LogP) is 1.99. The van der Waals surface area contributed by atoms with Crippen LogP contribution in [0.25, 0.3) is 10.9 Å². The van der Waals surface area contributed by atoms with Gasteiger partial charge in [0.2, 0.25) is 0 Å². The Morgan fingerprint density at radius 1 is 1.40 bits per heavy atom. The number of aromatic amines is 1. The molecular weight excluding hydrogens is 256 g/mol. The first-order valence-corrected chi connectivity index (χ1v) is 6.56. The zero-order valence-corrected chi connectivity index (χ0v) is 11.4. The lowest BCUT2D eigenvalue weighted by Gasteiger charge is -2.14. The number of nitrogens with one attached hydrogen (secondary N) is 2. The molecule has 1 amide bonds. The van der Waals surface area contributed by atoms with E-state index in [2.05, 4.69) is 10.3 Å². The van der Waals surface area contributed by atoms with Gasteiger partial charge in [-0.05, 0) is 19.9 Å². The van der Waals surface area contributed by atoms with Crippen molar-refractivity contribution < 1.29 is 14.3 Å². The number of aromatic nitrogens is 1. The quantitative estimate of drug-likeness (QED) is 0.821. The van der Waals surface area contributed by atoms with Crippen LogP contribution in [0.15, 0.2) is 30.5 Å². The molecule has 1 saturated heterocycles. The molecule has 104 valence electrons. The number of para-hydroxylation sites is 1. The summed E-state index contributed by atoms with van der Waals surface area (Å²) in [7, 11) is 0. The lowest BCUT2D eigenvalue weighted by Crippen LogP contribution is -2.38. The molecule has 1 fully saturated rings. The van der Waals surface area contributed by atoms with E-state index in [9.17, 15) is 9.59 Å². The minimum absolute atomic E-state index is 0.262. The van der Waals surface area contributed by atoms with Crippen LogP contribution in [-0.4, -0.2) is 28.5 Å². The van der Waals surface area contributed by atoms with Crippen LogP contribution in [0.3, 0.4) is 0 Å². The summed E-state index contributed by atoms with van der Waals surface area (Å²) in [6.07, 6.45) is 2.14. The third-order valence-electron chi connectivity index (χ3n) is 3.50. The van der Waals surface area contributed by atoms with Crippen LogP contribution in [0, 0.1) is 0 Å². The first-order valence-electron chi connectivity index (χ1n) is 6.56. The van der Waals surface area contributed by atoms with Crippen molar-refractivity contribution in [3.05, 3.63) is 36.0 Å². The van der Waals surface area contributed by atoms with Gasteiger partial charge in [0.05, 0.1) is 5.56 Å². The number of amides is 1. The number of rotatable bonds is 2. The summed E-state index contributed by atoms with van der Waals surface area (Å²) in [6, 6.07) is 6.97. The SMILES string of the molecule is CC1(C)CC(NC(=O)c2c[nH]c3ccccc23)C(=O)O1. The molecule has 3 rings (SSSR count). The fourth-order valence-electron chi connectivity index (χ4n) is 2.57. The van der Waals surface area contributed by atoms with Gasteiger partial charge in [0, 0.05) is 23.5 Å². The molecule has 5 heteroatoms. The van der Waals surface area contributed by atoms with Crippen molar-refractivity contribution in [2.75, 3.05) is 0 Å². The number of hydrogen-bond acceptors (Lipinski definition) is 3. The number of fused-ring (bicyclic) bond motifs is 1. The molecule has 0 spiro atoms. The number of carbonyl (C=O) groups excluding carboxylic acids is 2. The molecule has 1 aliphatic heterocycles. The van der Waals surface area contributed by atoms with Gasteiger partial charge >= 0.3 is 5.97 Å². The predicted molar refractivity (Wildman–Crippen MR) is 74.3 cm³/mol. The van der Waals surface area contributed by atoms with Gasteiger partial charge in [-0.3, -0.25) is 4.79 Å². The number of H-pyrrole nitrogens is 1. The standard InChI is InChI=1S/C15H16N2O3/c1-15(2)7-12(14(19)20-15)17-13(18)10-8-16-11-6-4-3-5-9(10)11/h3-6,8,12,16H,7H2,1-2H3,(H,17,18). The van der Waals surface area contributed by atoms with E-state index >= 15 is 0 Å². The van der Waals surface area contributed by atoms with E-state index in [1.54, 1.807) is 6.20 Å². The normalized spacial score (nSPS) is 20.9. The molecule has 0 bridgehead atoms. The Bertz CT molecular complexity index is 687. The lowest BCUT2D eigenvalue weighted by molar-refractivity contribution is -0.147. The van der Waals surface area contributed by atoms with Crippen LogP contribution in [0.5, 0.6) is 0 Å². The zero-order chi connectivity index (χ0) is 14.3. The fraction of sp³-hybridized carbons (Fsp3) is 0.333. The average Bonchev–Trinajstić information content (AvgIpc) is 2.90. The average molecular weight is 272 g/mol. The number of ether oxygens (including phenoxy) is 1. The monoisotopic (exact) mass is 272 g/mol. The van der Waals surface area contributed by atoms with Crippen molar-refractivity contribution in [2.24, 2.45) is 0 Å². The summed E-state index contributed by atoms with van der Waals surface area (Å²) in [5.41, 5.74) is 0.917. The number of carbonyl (C=O) groups is 2. The van der Waals surface area contributed by atoms with E-state index in [-0.39, 0.29) is 11.9 Å². The summed E-state index contributed by atoms with van der Waals surface area (Å²) in [5.74, 6) is -0.634. The highest BCUT2D eigenvalue weighted by molar-refractivity contribution is 6.07. The van der Waals surface area contributed by atoms with Gasteiger partial charge in [-0.1, -0.05) is 18.2 Å². The van der Waals surface area contributed by atoms with Gasteiger partial charge in [0.15, 0.2) is 0 Å². The van der Waals surface area contributed by atoms with E-state index in [0.717, 1.165) is 10.9 Å². The van der Waals surface area contributed by atoms with Gasteiger partial charge in [0.25, 0.3) is 5.91 Å². The minimum atomic E-state index is -0.578. The van der Waals surface area contributed by atoms with E-state index in [0.29, 0.717) is 12.0 Å². The van der Waals surface area contributed by atoms with Crippen LogP contribution >= 0.6 is 0 Å². The van der Waals surface area contributed by atoms with Gasteiger partial charge < -0.3 is 15.0 Å². The maximum absolute atomic E-state index is 12.3. The van der Waals surface area contributed by atoms with Crippen LogP contribution in [-0.2, 0) is 9.53 Å². The van der Waals surface area contributed by atoms with Crippen LogP contribution in [0.1, 0.15) is 30.6 Å². The largest absolute Gasteiger partial charge is 0.458 e. The number of hydrogen-bond donors (Lipinski definition) is 2. The summed E-state index contributed by atoms with van der Waals surface area (Å²) < 4.78 is 5.21. The summed E-state index contributed by atoms with van der Waals surface area (Å²) >= 11 is 0. The lowest BCUT2D eigenvalue weighted by atomic mass is 10.0. The maximum atomic E-state index is 12.3. The second-order valence-electron chi connectivity index (χ2n) is 5.66. The van der Waals surface area contributed by atoms with Crippen molar-refractivity contribution in [3.8, 4) is 0 Å².